The van der Waals surface area contributed by atoms with Crippen molar-refractivity contribution in [3.05, 3.63) is 0 Å². The highest BCUT2D eigenvalue weighted by Crippen LogP contribution is 2.19. The number of ether oxygens (including phenoxy) is 1. The number of rotatable bonds is 1. The standard InChI is InChI=1S/C9H15ClO2.C2H6/c10-9(11)12-8-6-4-2-1-3-5-7-8;1-2/h8H,1-7H2;1-2H3. The lowest BCUT2D eigenvalue weighted by atomic mass is 9.99. The third-order valence-corrected chi connectivity index (χ3v) is 2.40. The van der Waals surface area contributed by atoms with E-state index in [1.54, 1.807) is 0 Å². The molecule has 0 amide bonds. The average molecular weight is 221 g/mol. The molecule has 2 nitrogen and oxygen atoms in total. The summed E-state index contributed by atoms with van der Waals surface area (Å²) in [7, 11) is 0. The molecule has 0 unspecified atom stereocenters. The highest BCUT2D eigenvalue weighted by molar-refractivity contribution is 6.61. The van der Waals surface area contributed by atoms with Gasteiger partial charge in [0.05, 0.1) is 0 Å². The summed E-state index contributed by atoms with van der Waals surface area (Å²) in [5.41, 5.74) is -0.652. The molecular formula is C11H21ClO2. The lowest BCUT2D eigenvalue weighted by Gasteiger charge is -2.18. The zero-order valence-corrected chi connectivity index (χ0v) is 9.98. The Morgan fingerprint density at radius 2 is 1.50 bits per heavy atom. The normalized spacial score (nSPS) is 18.5. The van der Waals surface area contributed by atoms with Gasteiger partial charge in [0.2, 0.25) is 0 Å². The summed E-state index contributed by atoms with van der Waals surface area (Å²) in [5.74, 6) is 0. The van der Waals surface area contributed by atoms with Crippen LogP contribution < -0.4 is 0 Å². The van der Waals surface area contributed by atoms with E-state index in [1.807, 2.05) is 13.8 Å². The van der Waals surface area contributed by atoms with Gasteiger partial charge in [-0.15, -0.1) is 0 Å². The largest absolute Gasteiger partial charge is 0.450 e. The molecule has 3 heteroatoms. The molecule has 1 aliphatic carbocycles. The van der Waals surface area contributed by atoms with Gasteiger partial charge in [-0.25, -0.2) is 4.79 Å². The molecule has 0 aromatic heterocycles. The monoisotopic (exact) mass is 220 g/mol. The van der Waals surface area contributed by atoms with Crippen molar-refractivity contribution in [1.82, 2.24) is 0 Å². The van der Waals surface area contributed by atoms with Gasteiger partial charge in [0.1, 0.15) is 6.10 Å². The molecule has 0 spiro atoms. The van der Waals surface area contributed by atoms with Gasteiger partial charge in [-0.2, -0.15) is 0 Å². The first-order valence-electron chi connectivity index (χ1n) is 5.65. The molecule has 0 aliphatic heterocycles. The average Bonchev–Trinajstić information content (AvgIpc) is 2.12. The van der Waals surface area contributed by atoms with Crippen LogP contribution >= 0.6 is 11.6 Å². The van der Waals surface area contributed by atoms with Crippen LogP contribution in [0.25, 0.3) is 0 Å². The molecule has 1 aliphatic rings. The van der Waals surface area contributed by atoms with Crippen LogP contribution in [0, 0.1) is 0 Å². The highest BCUT2D eigenvalue weighted by Gasteiger charge is 2.13. The number of carbonyl (C=O) groups is 1. The minimum absolute atomic E-state index is 0.0790. The van der Waals surface area contributed by atoms with Crippen molar-refractivity contribution in [3.63, 3.8) is 0 Å². The zero-order chi connectivity index (χ0) is 10.8. The van der Waals surface area contributed by atoms with Crippen LogP contribution in [-0.4, -0.2) is 11.5 Å². The Bertz CT molecular complexity index is 140. The van der Waals surface area contributed by atoms with Crippen molar-refractivity contribution in [2.75, 3.05) is 0 Å². The molecule has 0 aromatic carbocycles. The fourth-order valence-corrected chi connectivity index (χ4v) is 1.79. The van der Waals surface area contributed by atoms with E-state index in [0.29, 0.717) is 0 Å². The summed E-state index contributed by atoms with van der Waals surface area (Å²) in [5, 5.41) is 0. The molecule has 14 heavy (non-hydrogen) atoms. The summed E-state index contributed by atoms with van der Waals surface area (Å²) >= 11 is 5.14. The lowest BCUT2D eigenvalue weighted by Crippen LogP contribution is -2.15. The van der Waals surface area contributed by atoms with E-state index in [1.165, 1.54) is 19.3 Å². The molecule has 0 N–H and O–H groups in total. The summed E-state index contributed by atoms with van der Waals surface area (Å²) in [4.78, 5) is 10.5. The molecule has 0 bridgehead atoms. The fraction of sp³-hybridized carbons (Fsp3) is 0.909. The van der Waals surface area contributed by atoms with E-state index in [2.05, 4.69) is 0 Å². The Balaban J connectivity index is 0.000000791. The van der Waals surface area contributed by atoms with Gasteiger partial charge in [-0.05, 0) is 25.7 Å². The Hall–Kier alpha value is -0.240. The van der Waals surface area contributed by atoms with Crippen LogP contribution in [0.2, 0.25) is 0 Å². The molecule has 0 atom stereocenters. The SMILES string of the molecule is CC.O=C(Cl)OC1CCCCCCC1. The summed E-state index contributed by atoms with van der Waals surface area (Å²) in [6, 6.07) is 0. The van der Waals surface area contributed by atoms with E-state index < -0.39 is 5.43 Å². The molecular weight excluding hydrogens is 200 g/mol. The number of carbonyl (C=O) groups excluding carboxylic acids is 1. The summed E-state index contributed by atoms with van der Waals surface area (Å²) < 4.78 is 4.95. The van der Waals surface area contributed by atoms with Gasteiger partial charge in [0, 0.05) is 11.6 Å². The molecule has 0 saturated heterocycles. The first-order valence-corrected chi connectivity index (χ1v) is 6.03. The Kier molecular flexibility index (Phi) is 9.16. The molecule has 1 rings (SSSR count). The molecule has 0 heterocycles. The summed E-state index contributed by atoms with van der Waals surface area (Å²) in [6.45, 7) is 4.00. The van der Waals surface area contributed by atoms with Crippen molar-refractivity contribution in [2.45, 2.75) is 64.9 Å². The quantitative estimate of drug-likeness (QED) is 0.609. The second-order valence-electron chi connectivity index (χ2n) is 3.32. The van der Waals surface area contributed by atoms with Crippen LogP contribution in [0.5, 0.6) is 0 Å². The van der Waals surface area contributed by atoms with E-state index in [9.17, 15) is 4.79 Å². The minimum atomic E-state index is -0.652. The van der Waals surface area contributed by atoms with Gasteiger partial charge in [-0.1, -0.05) is 33.1 Å². The predicted molar refractivity (Wildman–Crippen MR) is 59.8 cm³/mol. The second-order valence-corrected chi connectivity index (χ2v) is 3.63. The van der Waals surface area contributed by atoms with Crippen LogP contribution in [0.3, 0.4) is 0 Å². The number of halogens is 1. The second kappa shape index (κ2) is 9.32. The number of hydrogen-bond acceptors (Lipinski definition) is 2. The zero-order valence-electron chi connectivity index (χ0n) is 9.22. The van der Waals surface area contributed by atoms with Crippen molar-refractivity contribution in [1.29, 1.82) is 0 Å². The maximum atomic E-state index is 10.5. The van der Waals surface area contributed by atoms with E-state index in [4.69, 9.17) is 16.3 Å². The lowest BCUT2D eigenvalue weighted by molar-refractivity contribution is 0.103. The van der Waals surface area contributed by atoms with Gasteiger partial charge in [-0.3, -0.25) is 0 Å². The third kappa shape index (κ3) is 7.19. The Morgan fingerprint density at radius 1 is 1.07 bits per heavy atom. The minimum Gasteiger partial charge on any atom is -0.450 e. The van der Waals surface area contributed by atoms with Crippen LogP contribution in [0.1, 0.15) is 58.8 Å². The van der Waals surface area contributed by atoms with Gasteiger partial charge in [0.15, 0.2) is 0 Å². The fourth-order valence-electron chi connectivity index (χ4n) is 1.67. The Morgan fingerprint density at radius 3 is 1.93 bits per heavy atom. The van der Waals surface area contributed by atoms with E-state index in [-0.39, 0.29) is 6.10 Å². The Labute approximate surface area is 92.0 Å². The molecule has 84 valence electrons. The van der Waals surface area contributed by atoms with E-state index in [0.717, 1.165) is 25.7 Å². The van der Waals surface area contributed by atoms with Gasteiger partial charge in [0.25, 0.3) is 0 Å². The van der Waals surface area contributed by atoms with Crippen molar-refractivity contribution < 1.29 is 9.53 Å². The highest BCUT2D eigenvalue weighted by atomic mass is 35.5. The van der Waals surface area contributed by atoms with Crippen LogP contribution in [0.15, 0.2) is 0 Å². The molecule has 1 saturated carbocycles. The summed E-state index contributed by atoms with van der Waals surface area (Å²) in [6.07, 6.45) is 8.21. The third-order valence-electron chi connectivity index (χ3n) is 2.31. The first-order chi connectivity index (χ1) is 6.79. The molecule has 0 aromatic rings. The maximum Gasteiger partial charge on any atom is 0.404 e. The molecule has 0 radical (unpaired) electrons. The maximum absolute atomic E-state index is 10.5. The van der Waals surface area contributed by atoms with Crippen LogP contribution in [0.4, 0.5) is 4.79 Å². The topological polar surface area (TPSA) is 26.3 Å². The van der Waals surface area contributed by atoms with Gasteiger partial charge >= 0.3 is 5.43 Å². The van der Waals surface area contributed by atoms with E-state index >= 15 is 0 Å². The predicted octanol–water partition coefficient (Wildman–Crippen LogP) is 4.50. The van der Waals surface area contributed by atoms with Crippen molar-refractivity contribution in [3.8, 4) is 0 Å². The van der Waals surface area contributed by atoms with Crippen LogP contribution in [-0.2, 0) is 4.74 Å². The van der Waals surface area contributed by atoms with Gasteiger partial charge < -0.3 is 4.74 Å². The smallest absolute Gasteiger partial charge is 0.404 e. The molecule has 1 fully saturated rings. The van der Waals surface area contributed by atoms with Crippen molar-refractivity contribution in [2.24, 2.45) is 0 Å². The first kappa shape index (κ1) is 13.8. The van der Waals surface area contributed by atoms with Crippen molar-refractivity contribution >= 4 is 17.0 Å². The number of hydrogen-bond donors (Lipinski definition) is 0.